The molecule has 0 heterocycles. The zero-order valence-corrected chi connectivity index (χ0v) is 38.3. The van der Waals surface area contributed by atoms with Gasteiger partial charge in [-0.15, -0.1) is 0 Å². The number of ether oxygens (including phenoxy) is 2. The van der Waals surface area contributed by atoms with E-state index in [1.54, 1.807) is 42.5 Å². The number of aliphatic hydroxyl groups is 3. The molecule has 0 aliphatic rings. The summed E-state index contributed by atoms with van der Waals surface area (Å²) in [4.78, 5) is 46.1. The van der Waals surface area contributed by atoms with Crippen molar-refractivity contribution in [1.29, 1.82) is 0 Å². The lowest BCUT2D eigenvalue weighted by atomic mass is 10.1. The monoisotopic (exact) mass is 906 g/mol. The van der Waals surface area contributed by atoms with E-state index in [-0.39, 0.29) is 25.7 Å². The van der Waals surface area contributed by atoms with E-state index >= 15 is 0 Å². The number of phosphoric acid groups is 1. The van der Waals surface area contributed by atoms with E-state index in [0.717, 1.165) is 77.0 Å². The molecule has 0 aliphatic heterocycles. The Kier molecular flexibility index (Phi) is 38.2. The number of hydrogen-bond acceptors (Lipinski definition) is 12. The summed E-state index contributed by atoms with van der Waals surface area (Å²) in [6.45, 7) is 2.18. The number of phosphoric ester groups is 1. The van der Waals surface area contributed by atoms with Crippen molar-refractivity contribution in [3.8, 4) is 0 Å². The van der Waals surface area contributed by atoms with E-state index in [0.29, 0.717) is 6.42 Å². The minimum absolute atomic E-state index is 0.0413. The van der Waals surface area contributed by atoms with Gasteiger partial charge in [0.2, 0.25) is 0 Å². The molecule has 0 radical (unpaired) electrons. The van der Waals surface area contributed by atoms with Crippen molar-refractivity contribution in [3.63, 3.8) is 0 Å². The summed E-state index contributed by atoms with van der Waals surface area (Å²) >= 11 is 0. The van der Waals surface area contributed by atoms with Gasteiger partial charge in [0, 0.05) is 12.8 Å². The van der Waals surface area contributed by atoms with Gasteiger partial charge >= 0.3 is 25.7 Å². The summed E-state index contributed by atoms with van der Waals surface area (Å²) in [6, 6.07) is -1.58. The molecule has 0 aromatic carbocycles. The quantitative estimate of drug-likeness (QED) is 0.0111. The first-order chi connectivity index (χ1) is 30.3. The predicted octanol–water partition coefficient (Wildman–Crippen LogP) is 8.75. The second-order valence-corrected chi connectivity index (χ2v) is 16.1. The van der Waals surface area contributed by atoms with Gasteiger partial charge in [0.25, 0.3) is 0 Å². The second-order valence-electron chi connectivity index (χ2n) is 14.7. The van der Waals surface area contributed by atoms with Crippen LogP contribution in [0.1, 0.15) is 123 Å². The predicted molar refractivity (Wildman–Crippen MR) is 248 cm³/mol. The van der Waals surface area contributed by atoms with Crippen molar-refractivity contribution in [2.75, 3.05) is 19.8 Å². The lowest BCUT2D eigenvalue weighted by Crippen LogP contribution is -2.34. The number of hydrogen-bond donors (Lipinski definition) is 6. The molecule has 7 N–H and O–H groups in total. The van der Waals surface area contributed by atoms with Gasteiger partial charge < -0.3 is 40.5 Å². The van der Waals surface area contributed by atoms with Gasteiger partial charge in [0.05, 0.1) is 31.5 Å². The van der Waals surface area contributed by atoms with E-state index in [9.17, 15) is 39.2 Å². The highest BCUT2D eigenvalue weighted by molar-refractivity contribution is 7.47. The number of nitrogens with two attached hydrogens (primary N) is 1. The van der Waals surface area contributed by atoms with Crippen molar-refractivity contribution in [3.05, 3.63) is 109 Å². The summed E-state index contributed by atoms with van der Waals surface area (Å²) in [5, 5.41) is 39.4. The van der Waals surface area contributed by atoms with Crippen LogP contribution in [-0.2, 0) is 37.5 Å². The first-order valence-corrected chi connectivity index (χ1v) is 23.7. The minimum atomic E-state index is -4.82. The van der Waals surface area contributed by atoms with E-state index in [4.69, 9.17) is 24.8 Å². The highest BCUT2D eigenvalue weighted by Crippen LogP contribution is 2.43. The summed E-state index contributed by atoms with van der Waals surface area (Å²) < 4.78 is 32.4. The fourth-order valence-corrected chi connectivity index (χ4v) is 6.02. The second kappa shape index (κ2) is 40.8. The standard InChI is InChI=1S/C48H76NO13P/c1-3-5-7-8-9-10-11-12-13-14-15-16-17-18-19-20-21-26-30-36-47(54)62-42(39-60-63(57,58)61-40-43(49)48(55)56)38-59-46(53)37-31-35-45(52)44(51)34-29-25-23-22-24-28-33-41(50)32-27-6-4-2/h5,7,9-10,12-13,15-16,18-19,22-25,28-29,33-34,41-45,50-52H,3-4,6,8,11,14,17,20-21,26-27,30-32,35-40,49H2,1-2H3,(H,55,56)(H,57,58)/b7-5-,10-9-,13-12-,16-15-,19-18-,24-22-,25-23+,33-28+,34-29+/t41-,42-,43+,44-,45-/m1/s1. The Hall–Kier alpha value is -3.98. The van der Waals surface area contributed by atoms with Crippen LogP contribution in [0.5, 0.6) is 0 Å². The molecule has 14 nitrogen and oxygen atoms in total. The van der Waals surface area contributed by atoms with Crippen molar-refractivity contribution >= 4 is 25.7 Å². The molecule has 0 saturated carbocycles. The molecule has 63 heavy (non-hydrogen) atoms. The highest BCUT2D eigenvalue weighted by atomic mass is 31.2. The number of carbonyl (C=O) groups is 3. The number of unbranched alkanes of at least 4 members (excludes halogenated alkanes) is 5. The maximum Gasteiger partial charge on any atom is 0.472 e. The molecule has 0 saturated heterocycles. The van der Waals surface area contributed by atoms with Gasteiger partial charge in [-0.1, -0.05) is 149 Å². The molecular weight excluding hydrogens is 829 g/mol. The molecule has 1 unspecified atom stereocenters. The minimum Gasteiger partial charge on any atom is -0.480 e. The number of carbonyl (C=O) groups excluding carboxylic acids is 2. The van der Waals surface area contributed by atoms with Gasteiger partial charge in [0.1, 0.15) is 12.6 Å². The van der Waals surface area contributed by atoms with Gasteiger partial charge in [0.15, 0.2) is 6.10 Å². The third-order valence-electron chi connectivity index (χ3n) is 8.87. The van der Waals surface area contributed by atoms with Crippen LogP contribution >= 0.6 is 7.82 Å². The molecular formula is C48H76NO13P. The van der Waals surface area contributed by atoms with Gasteiger partial charge in [-0.2, -0.15) is 0 Å². The molecule has 0 fully saturated rings. The number of carboxylic acids is 1. The molecule has 0 aliphatic carbocycles. The van der Waals surface area contributed by atoms with Crippen molar-refractivity contribution in [2.45, 2.75) is 153 Å². The normalized spacial score (nSPS) is 16.2. The van der Waals surface area contributed by atoms with Crippen LogP contribution in [-0.4, -0.2) is 93.5 Å². The fourth-order valence-electron chi connectivity index (χ4n) is 5.24. The van der Waals surface area contributed by atoms with E-state index in [1.165, 1.54) is 6.08 Å². The average Bonchev–Trinajstić information content (AvgIpc) is 3.25. The number of rotatable bonds is 39. The van der Waals surface area contributed by atoms with Gasteiger partial charge in [-0.3, -0.25) is 23.4 Å². The number of aliphatic carboxylic acids is 1. The third kappa shape index (κ3) is 39.4. The number of allylic oxidation sites excluding steroid dienone is 16. The van der Waals surface area contributed by atoms with Crippen LogP contribution in [0, 0.1) is 0 Å². The first-order valence-electron chi connectivity index (χ1n) is 22.2. The van der Waals surface area contributed by atoms with Crippen molar-refractivity contribution in [2.24, 2.45) is 5.73 Å². The maximum atomic E-state index is 12.6. The van der Waals surface area contributed by atoms with Gasteiger partial charge in [-0.05, 0) is 70.6 Å². The zero-order valence-electron chi connectivity index (χ0n) is 37.4. The number of carboxylic acid groups (broad SMARTS) is 1. The third-order valence-corrected chi connectivity index (χ3v) is 9.82. The molecule has 0 rings (SSSR count). The van der Waals surface area contributed by atoms with Crippen LogP contribution in [0.2, 0.25) is 0 Å². The van der Waals surface area contributed by atoms with E-state index < -0.39 is 76.0 Å². The number of aliphatic hydroxyl groups excluding tert-OH is 3. The molecule has 356 valence electrons. The first kappa shape index (κ1) is 59.0. The van der Waals surface area contributed by atoms with Crippen LogP contribution in [0.25, 0.3) is 0 Å². The van der Waals surface area contributed by atoms with E-state index in [1.807, 2.05) is 0 Å². The Morgan fingerprint density at radius 3 is 1.78 bits per heavy atom. The molecule has 6 atom stereocenters. The smallest absolute Gasteiger partial charge is 0.472 e. The Balaban J connectivity index is 4.75. The fraction of sp³-hybridized carbons (Fsp3) is 0.562. The molecule has 0 spiro atoms. The van der Waals surface area contributed by atoms with Crippen LogP contribution in [0.4, 0.5) is 0 Å². The van der Waals surface area contributed by atoms with Crippen LogP contribution in [0.15, 0.2) is 109 Å². The zero-order chi connectivity index (χ0) is 46.8. The number of esters is 2. The molecule has 0 amide bonds. The largest absolute Gasteiger partial charge is 0.480 e. The Labute approximate surface area is 375 Å². The van der Waals surface area contributed by atoms with Crippen LogP contribution < -0.4 is 5.73 Å². The summed E-state index contributed by atoms with van der Waals surface area (Å²) in [5.41, 5.74) is 5.31. The lowest BCUT2D eigenvalue weighted by molar-refractivity contribution is -0.161. The summed E-state index contributed by atoms with van der Waals surface area (Å²) in [7, 11) is -4.82. The molecule has 0 bridgehead atoms. The molecule has 15 heteroatoms. The van der Waals surface area contributed by atoms with Crippen LogP contribution in [0.3, 0.4) is 0 Å². The Morgan fingerprint density at radius 2 is 1.17 bits per heavy atom. The SMILES string of the molecule is CC/C=C\C/C=C\C/C=C\C/C=C\C/C=C\CCCCCC(=O)O[C@H](COC(=O)CCC[C@@H](O)[C@H](O)/C=C/C=C/C=C\C=C\[C@H](O)CCCCC)COP(=O)(O)OC[C@H](N)C(=O)O. The van der Waals surface area contributed by atoms with Crippen molar-refractivity contribution < 1.29 is 62.8 Å². The molecule has 0 aromatic heterocycles. The summed E-state index contributed by atoms with van der Waals surface area (Å²) in [6.07, 6.45) is 42.3. The highest BCUT2D eigenvalue weighted by Gasteiger charge is 2.28. The lowest BCUT2D eigenvalue weighted by Gasteiger charge is -2.20. The van der Waals surface area contributed by atoms with Gasteiger partial charge in [-0.25, -0.2) is 4.57 Å². The topological polar surface area (TPSA) is 232 Å². The summed E-state index contributed by atoms with van der Waals surface area (Å²) in [5.74, 6) is -2.81. The maximum absolute atomic E-state index is 12.6. The van der Waals surface area contributed by atoms with Crippen molar-refractivity contribution in [1.82, 2.24) is 0 Å². The molecule has 0 aromatic rings. The Bertz CT molecular complexity index is 1530. The average molecular weight is 906 g/mol. The Morgan fingerprint density at radius 1 is 0.619 bits per heavy atom. The van der Waals surface area contributed by atoms with E-state index in [2.05, 4.69) is 79.1 Å².